The Kier molecular flexibility index (Phi) is 3.83. The monoisotopic (exact) mass is 188 g/mol. The smallest absolute Gasteiger partial charge is 0.194 e. The molecule has 0 heterocycles. The third-order valence-corrected chi connectivity index (χ3v) is 3.47. The molecule has 0 atom stereocenters. The summed E-state index contributed by atoms with van der Waals surface area (Å²) in [4.78, 5) is 11.6. The maximum Gasteiger partial charge on any atom is 0.194 e. The van der Waals surface area contributed by atoms with Crippen molar-refractivity contribution >= 4 is 16.9 Å². The first-order valence-electron chi connectivity index (χ1n) is 4.42. The zero-order chi connectivity index (χ0) is 9.99. The minimum atomic E-state index is -0.211. The molecule has 0 spiro atoms. The van der Waals surface area contributed by atoms with Crippen LogP contribution in [0.3, 0.4) is 0 Å². The molecule has 0 aliphatic heterocycles. The van der Waals surface area contributed by atoms with Crippen LogP contribution in [0.25, 0.3) is 0 Å². The zero-order valence-corrected chi connectivity index (χ0v) is 9.84. The van der Waals surface area contributed by atoms with E-state index in [-0.39, 0.29) is 15.3 Å². The second-order valence-corrected chi connectivity index (χ2v) is 6.43. The van der Waals surface area contributed by atoms with Gasteiger partial charge in [-0.1, -0.05) is 53.3 Å². The average molecular weight is 188 g/mol. The molecule has 0 aromatic heterocycles. The van der Waals surface area contributed by atoms with Crippen molar-refractivity contribution in [3.63, 3.8) is 0 Å². The fourth-order valence-corrected chi connectivity index (χ4v) is 1.43. The van der Waals surface area contributed by atoms with Crippen LogP contribution in [0.15, 0.2) is 0 Å². The van der Waals surface area contributed by atoms with Gasteiger partial charge in [0.2, 0.25) is 0 Å². The van der Waals surface area contributed by atoms with E-state index in [0.29, 0.717) is 0 Å². The van der Waals surface area contributed by atoms with Crippen LogP contribution in [-0.2, 0) is 4.79 Å². The summed E-state index contributed by atoms with van der Waals surface area (Å²) in [7, 11) is 0. The van der Waals surface area contributed by atoms with Gasteiger partial charge in [0.15, 0.2) is 5.12 Å². The molecular formula is C10H20OS. The summed E-state index contributed by atoms with van der Waals surface area (Å²) in [6, 6.07) is 0. The molecule has 0 aliphatic rings. The van der Waals surface area contributed by atoms with E-state index >= 15 is 0 Å². The molecule has 0 amide bonds. The van der Waals surface area contributed by atoms with Crippen LogP contribution in [0.2, 0.25) is 0 Å². The molecule has 0 saturated heterocycles. The molecule has 0 radical (unpaired) electrons. The van der Waals surface area contributed by atoms with Gasteiger partial charge in [-0.2, -0.15) is 0 Å². The fraction of sp³-hybridized carbons (Fsp3) is 0.900. The normalized spacial score (nSPS) is 13.2. The van der Waals surface area contributed by atoms with Crippen molar-refractivity contribution in [2.45, 2.75) is 52.7 Å². The van der Waals surface area contributed by atoms with Gasteiger partial charge in [0, 0.05) is 10.2 Å². The Labute approximate surface area is 80.3 Å². The lowest BCUT2D eigenvalue weighted by Crippen LogP contribution is -2.24. The SMILES string of the molecule is CCC(C)(C)SC(=O)C(C)(C)C. The van der Waals surface area contributed by atoms with E-state index in [1.54, 1.807) is 0 Å². The summed E-state index contributed by atoms with van der Waals surface area (Å²) in [5, 5.41) is 0.286. The highest BCUT2D eigenvalue weighted by molar-refractivity contribution is 8.14. The summed E-state index contributed by atoms with van der Waals surface area (Å²) in [6.45, 7) is 12.2. The first-order valence-corrected chi connectivity index (χ1v) is 5.24. The van der Waals surface area contributed by atoms with Gasteiger partial charge in [-0.15, -0.1) is 0 Å². The first-order chi connectivity index (χ1) is 5.19. The highest BCUT2D eigenvalue weighted by atomic mass is 32.2. The molecule has 0 aromatic rings. The molecule has 1 nitrogen and oxygen atoms in total. The van der Waals surface area contributed by atoms with Crippen LogP contribution in [0.5, 0.6) is 0 Å². The van der Waals surface area contributed by atoms with Gasteiger partial charge in [-0.3, -0.25) is 4.79 Å². The van der Waals surface area contributed by atoms with Crippen molar-refractivity contribution < 1.29 is 4.79 Å². The van der Waals surface area contributed by atoms with Crippen LogP contribution >= 0.6 is 11.8 Å². The molecule has 12 heavy (non-hydrogen) atoms. The topological polar surface area (TPSA) is 17.1 Å². The second-order valence-electron chi connectivity index (χ2n) is 4.75. The summed E-state index contributed by atoms with van der Waals surface area (Å²) >= 11 is 1.47. The highest BCUT2D eigenvalue weighted by Gasteiger charge is 2.28. The number of hydrogen-bond donors (Lipinski definition) is 0. The quantitative estimate of drug-likeness (QED) is 0.660. The maximum absolute atomic E-state index is 11.6. The predicted molar refractivity (Wildman–Crippen MR) is 56.4 cm³/mol. The molecule has 0 saturated carbocycles. The van der Waals surface area contributed by atoms with E-state index in [2.05, 4.69) is 20.8 Å². The highest BCUT2D eigenvalue weighted by Crippen LogP contribution is 2.34. The summed E-state index contributed by atoms with van der Waals surface area (Å²) in [6.07, 6.45) is 1.03. The Bertz CT molecular complexity index is 165. The minimum Gasteiger partial charge on any atom is -0.287 e. The average Bonchev–Trinajstić information content (AvgIpc) is 1.85. The lowest BCUT2D eigenvalue weighted by Gasteiger charge is -2.25. The van der Waals surface area contributed by atoms with Crippen molar-refractivity contribution in [1.82, 2.24) is 0 Å². The van der Waals surface area contributed by atoms with Gasteiger partial charge in [-0.25, -0.2) is 0 Å². The predicted octanol–water partition coefficient (Wildman–Crippen LogP) is 3.48. The van der Waals surface area contributed by atoms with Gasteiger partial charge < -0.3 is 0 Å². The number of thioether (sulfide) groups is 1. The van der Waals surface area contributed by atoms with E-state index in [4.69, 9.17) is 0 Å². The van der Waals surface area contributed by atoms with Crippen LogP contribution < -0.4 is 0 Å². The summed E-state index contributed by atoms with van der Waals surface area (Å²) < 4.78 is 0.0877. The zero-order valence-electron chi connectivity index (χ0n) is 9.02. The molecule has 0 aromatic carbocycles. The third-order valence-electron chi connectivity index (χ3n) is 1.83. The molecule has 0 rings (SSSR count). The van der Waals surface area contributed by atoms with Gasteiger partial charge >= 0.3 is 0 Å². The lowest BCUT2D eigenvalue weighted by molar-refractivity contribution is -0.117. The van der Waals surface area contributed by atoms with E-state index in [9.17, 15) is 4.79 Å². The van der Waals surface area contributed by atoms with E-state index in [1.165, 1.54) is 11.8 Å². The maximum atomic E-state index is 11.6. The van der Waals surface area contributed by atoms with Crippen molar-refractivity contribution in [2.24, 2.45) is 5.41 Å². The van der Waals surface area contributed by atoms with Crippen molar-refractivity contribution in [2.75, 3.05) is 0 Å². The van der Waals surface area contributed by atoms with E-state index in [0.717, 1.165) is 6.42 Å². The lowest BCUT2D eigenvalue weighted by atomic mass is 9.99. The van der Waals surface area contributed by atoms with Crippen molar-refractivity contribution in [3.05, 3.63) is 0 Å². The standard InChI is InChI=1S/C10H20OS/c1-7-10(5,6)12-8(11)9(2,3)4/h7H2,1-6H3. The Morgan fingerprint density at radius 2 is 1.58 bits per heavy atom. The number of carbonyl (C=O) groups is 1. The van der Waals surface area contributed by atoms with Crippen LogP contribution in [0, 0.1) is 5.41 Å². The second kappa shape index (κ2) is 3.82. The Balaban J connectivity index is 4.20. The van der Waals surface area contributed by atoms with Gasteiger partial charge in [0.1, 0.15) is 0 Å². The number of hydrogen-bond acceptors (Lipinski definition) is 2. The molecule has 0 fully saturated rings. The largest absolute Gasteiger partial charge is 0.287 e. The van der Waals surface area contributed by atoms with Gasteiger partial charge in [0.05, 0.1) is 0 Å². The van der Waals surface area contributed by atoms with E-state index < -0.39 is 0 Å². The number of rotatable bonds is 2. The summed E-state index contributed by atoms with van der Waals surface area (Å²) in [5.41, 5.74) is -0.211. The molecule has 0 N–H and O–H groups in total. The first kappa shape index (κ1) is 12.0. The van der Waals surface area contributed by atoms with Crippen molar-refractivity contribution in [1.29, 1.82) is 0 Å². The Hall–Kier alpha value is 0.0200. The van der Waals surface area contributed by atoms with Crippen LogP contribution in [0.4, 0.5) is 0 Å². The molecule has 2 heteroatoms. The van der Waals surface area contributed by atoms with E-state index in [1.807, 2.05) is 20.8 Å². The number of carbonyl (C=O) groups excluding carboxylic acids is 1. The summed E-state index contributed by atoms with van der Waals surface area (Å²) in [5.74, 6) is 0. The Morgan fingerprint density at radius 1 is 1.17 bits per heavy atom. The molecule has 0 aliphatic carbocycles. The van der Waals surface area contributed by atoms with Crippen molar-refractivity contribution in [3.8, 4) is 0 Å². The molecule has 0 unspecified atom stereocenters. The molecular weight excluding hydrogens is 168 g/mol. The van der Waals surface area contributed by atoms with Crippen LogP contribution in [-0.4, -0.2) is 9.86 Å². The van der Waals surface area contributed by atoms with Crippen LogP contribution in [0.1, 0.15) is 48.0 Å². The fourth-order valence-electron chi connectivity index (χ4n) is 0.476. The molecule has 72 valence electrons. The van der Waals surface area contributed by atoms with Gasteiger partial charge in [-0.05, 0) is 6.42 Å². The Morgan fingerprint density at radius 3 is 1.83 bits per heavy atom. The minimum absolute atomic E-state index is 0.0877. The third kappa shape index (κ3) is 4.15. The van der Waals surface area contributed by atoms with Gasteiger partial charge in [0.25, 0.3) is 0 Å². The molecule has 0 bridgehead atoms.